The highest BCUT2D eigenvalue weighted by atomic mass is 19.2. The van der Waals surface area contributed by atoms with Gasteiger partial charge in [0.2, 0.25) is 5.91 Å². The van der Waals surface area contributed by atoms with E-state index in [0.29, 0.717) is 12.8 Å². The summed E-state index contributed by atoms with van der Waals surface area (Å²) in [6, 6.07) is 2.05. The fraction of sp³-hybridized carbons (Fsp3) is 0.308. The standard InChI is InChI=1S/C13H12F3NO/c1-2-3-10(18)17-13(6-7-13)8-4-5-9(14)12(16)11(8)15/h2-5H,6-7H2,1H3,(H,17,18)/b3-2+. The molecule has 0 atom stereocenters. The number of amides is 1. The van der Waals surface area contributed by atoms with Gasteiger partial charge in [0.15, 0.2) is 17.5 Å². The number of allylic oxidation sites excluding steroid dienone is 1. The van der Waals surface area contributed by atoms with Gasteiger partial charge in [0, 0.05) is 5.56 Å². The number of nitrogens with one attached hydrogen (secondary N) is 1. The monoisotopic (exact) mass is 255 g/mol. The lowest BCUT2D eigenvalue weighted by atomic mass is 10.0. The van der Waals surface area contributed by atoms with Gasteiger partial charge in [-0.05, 0) is 31.9 Å². The van der Waals surface area contributed by atoms with E-state index in [1.807, 2.05) is 0 Å². The topological polar surface area (TPSA) is 29.1 Å². The van der Waals surface area contributed by atoms with E-state index >= 15 is 0 Å². The molecule has 1 amide bonds. The van der Waals surface area contributed by atoms with Gasteiger partial charge >= 0.3 is 0 Å². The lowest BCUT2D eigenvalue weighted by Gasteiger charge is -2.18. The Morgan fingerprint density at radius 2 is 1.94 bits per heavy atom. The summed E-state index contributed by atoms with van der Waals surface area (Å²) in [5, 5.41) is 2.62. The van der Waals surface area contributed by atoms with Crippen LogP contribution in [0.4, 0.5) is 13.2 Å². The Hall–Kier alpha value is -1.78. The summed E-state index contributed by atoms with van der Waals surface area (Å²) < 4.78 is 39.6. The first-order valence-corrected chi connectivity index (χ1v) is 5.59. The molecule has 0 unspecified atom stereocenters. The number of hydrogen-bond acceptors (Lipinski definition) is 1. The van der Waals surface area contributed by atoms with Crippen LogP contribution < -0.4 is 5.32 Å². The first kappa shape index (κ1) is 12.7. The first-order chi connectivity index (χ1) is 8.50. The van der Waals surface area contributed by atoms with Gasteiger partial charge in [-0.15, -0.1) is 0 Å². The quantitative estimate of drug-likeness (QED) is 0.653. The first-order valence-electron chi connectivity index (χ1n) is 5.59. The van der Waals surface area contributed by atoms with Crippen LogP contribution in [0.25, 0.3) is 0 Å². The molecule has 1 saturated carbocycles. The molecule has 2 nitrogen and oxygen atoms in total. The summed E-state index contributed by atoms with van der Waals surface area (Å²) in [6.07, 6.45) is 3.88. The van der Waals surface area contributed by atoms with E-state index in [-0.39, 0.29) is 11.5 Å². The van der Waals surface area contributed by atoms with Crippen molar-refractivity contribution >= 4 is 5.91 Å². The van der Waals surface area contributed by atoms with Crippen LogP contribution in [0.1, 0.15) is 25.3 Å². The van der Waals surface area contributed by atoms with Crippen molar-refractivity contribution in [1.29, 1.82) is 0 Å². The molecule has 0 bridgehead atoms. The second-order valence-corrected chi connectivity index (χ2v) is 4.29. The van der Waals surface area contributed by atoms with E-state index in [1.54, 1.807) is 13.0 Å². The van der Waals surface area contributed by atoms with Crippen molar-refractivity contribution in [2.45, 2.75) is 25.3 Å². The van der Waals surface area contributed by atoms with Crippen LogP contribution >= 0.6 is 0 Å². The summed E-state index contributed by atoms with van der Waals surface area (Å²) >= 11 is 0. The number of carbonyl (C=O) groups excluding carboxylic acids is 1. The molecule has 1 fully saturated rings. The molecular formula is C13H12F3NO. The Morgan fingerprint density at radius 1 is 1.28 bits per heavy atom. The molecule has 1 aromatic carbocycles. The zero-order chi connectivity index (χ0) is 13.3. The lowest BCUT2D eigenvalue weighted by Crippen LogP contribution is -2.34. The highest BCUT2D eigenvalue weighted by molar-refractivity contribution is 5.88. The summed E-state index contributed by atoms with van der Waals surface area (Å²) in [4.78, 5) is 11.4. The smallest absolute Gasteiger partial charge is 0.244 e. The minimum Gasteiger partial charge on any atom is -0.343 e. The van der Waals surface area contributed by atoms with E-state index < -0.39 is 23.0 Å². The summed E-state index contributed by atoms with van der Waals surface area (Å²) in [6.45, 7) is 1.68. The highest BCUT2D eigenvalue weighted by Gasteiger charge is 2.47. The van der Waals surface area contributed by atoms with E-state index in [4.69, 9.17) is 0 Å². The SMILES string of the molecule is C/C=C/C(=O)NC1(c2ccc(F)c(F)c2F)CC1. The predicted octanol–water partition coefficient (Wildman–Crippen LogP) is 2.79. The van der Waals surface area contributed by atoms with Gasteiger partial charge < -0.3 is 5.32 Å². The van der Waals surface area contributed by atoms with Crippen molar-refractivity contribution in [1.82, 2.24) is 5.32 Å². The number of halogens is 3. The lowest BCUT2D eigenvalue weighted by molar-refractivity contribution is -0.117. The van der Waals surface area contributed by atoms with Crippen LogP contribution in [0.15, 0.2) is 24.3 Å². The molecule has 5 heteroatoms. The molecular weight excluding hydrogens is 243 g/mol. The molecule has 0 radical (unpaired) electrons. The highest BCUT2D eigenvalue weighted by Crippen LogP contribution is 2.46. The molecule has 0 aromatic heterocycles. The minimum absolute atomic E-state index is 0.000692. The van der Waals surface area contributed by atoms with Crippen molar-refractivity contribution in [2.75, 3.05) is 0 Å². The molecule has 1 aromatic rings. The zero-order valence-electron chi connectivity index (χ0n) is 9.77. The van der Waals surface area contributed by atoms with Crippen LogP contribution in [0.2, 0.25) is 0 Å². The van der Waals surface area contributed by atoms with E-state index in [0.717, 1.165) is 6.07 Å². The maximum atomic E-state index is 13.7. The van der Waals surface area contributed by atoms with Crippen LogP contribution in [0, 0.1) is 17.5 Å². The number of benzene rings is 1. The van der Waals surface area contributed by atoms with Crippen LogP contribution in [0.3, 0.4) is 0 Å². The Morgan fingerprint density at radius 3 is 2.50 bits per heavy atom. The summed E-state index contributed by atoms with van der Waals surface area (Å²) in [7, 11) is 0. The van der Waals surface area contributed by atoms with Crippen LogP contribution in [0.5, 0.6) is 0 Å². The van der Waals surface area contributed by atoms with Crippen molar-refractivity contribution in [3.05, 3.63) is 47.3 Å². The second kappa shape index (κ2) is 4.48. The number of rotatable bonds is 3. The van der Waals surface area contributed by atoms with E-state index in [2.05, 4.69) is 5.32 Å². The second-order valence-electron chi connectivity index (χ2n) is 4.29. The van der Waals surface area contributed by atoms with Gasteiger partial charge in [0.05, 0.1) is 5.54 Å². The van der Waals surface area contributed by atoms with Gasteiger partial charge in [-0.3, -0.25) is 4.79 Å². The Balaban J connectivity index is 2.31. The van der Waals surface area contributed by atoms with Gasteiger partial charge in [-0.1, -0.05) is 12.1 Å². The largest absolute Gasteiger partial charge is 0.343 e. The normalized spacial score (nSPS) is 16.9. The van der Waals surface area contributed by atoms with Gasteiger partial charge in [-0.2, -0.15) is 0 Å². The van der Waals surface area contributed by atoms with Crippen LogP contribution in [-0.4, -0.2) is 5.91 Å². The zero-order valence-corrected chi connectivity index (χ0v) is 9.77. The average Bonchev–Trinajstić information content (AvgIpc) is 3.07. The van der Waals surface area contributed by atoms with Gasteiger partial charge in [0.25, 0.3) is 0 Å². The molecule has 18 heavy (non-hydrogen) atoms. The molecule has 0 heterocycles. The average molecular weight is 255 g/mol. The molecule has 1 N–H and O–H groups in total. The number of hydrogen-bond donors (Lipinski definition) is 1. The van der Waals surface area contributed by atoms with Gasteiger partial charge in [-0.25, -0.2) is 13.2 Å². The predicted molar refractivity (Wildman–Crippen MR) is 60.2 cm³/mol. The van der Waals surface area contributed by atoms with Crippen molar-refractivity contribution in [3.63, 3.8) is 0 Å². The minimum atomic E-state index is -1.50. The van der Waals surface area contributed by atoms with Crippen molar-refractivity contribution in [2.24, 2.45) is 0 Å². The molecule has 96 valence electrons. The fourth-order valence-corrected chi connectivity index (χ4v) is 1.91. The Kier molecular flexibility index (Phi) is 3.15. The molecule has 0 saturated heterocycles. The van der Waals surface area contributed by atoms with Crippen molar-refractivity contribution in [3.8, 4) is 0 Å². The van der Waals surface area contributed by atoms with E-state index in [9.17, 15) is 18.0 Å². The number of carbonyl (C=O) groups is 1. The van der Waals surface area contributed by atoms with Crippen molar-refractivity contribution < 1.29 is 18.0 Å². The summed E-state index contributed by atoms with van der Waals surface area (Å²) in [5.74, 6) is -4.33. The third kappa shape index (κ3) is 2.12. The third-order valence-corrected chi connectivity index (χ3v) is 2.98. The maximum Gasteiger partial charge on any atom is 0.244 e. The fourth-order valence-electron chi connectivity index (χ4n) is 1.91. The van der Waals surface area contributed by atoms with Crippen LogP contribution in [-0.2, 0) is 10.3 Å². The maximum absolute atomic E-state index is 13.7. The van der Waals surface area contributed by atoms with E-state index in [1.165, 1.54) is 12.1 Å². The molecule has 1 aliphatic rings. The molecule has 1 aliphatic carbocycles. The Bertz CT molecular complexity index is 521. The summed E-state index contributed by atoms with van der Waals surface area (Å²) in [5.41, 5.74) is -0.894. The molecule has 0 aliphatic heterocycles. The van der Waals surface area contributed by atoms with Gasteiger partial charge in [0.1, 0.15) is 0 Å². The molecule has 0 spiro atoms. The Labute approximate surface area is 102 Å². The third-order valence-electron chi connectivity index (χ3n) is 2.98. The molecule has 2 rings (SSSR count).